The molecule has 0 aliphatic carbocycles. The van der Waals surface area contributed by atoms with Crippen LogP contribution in [0.2, 0.25) is 0 Å². The number of amides is 1. The third kappa shape index (κ3) is 4.64. The summed E-state index contributed by atoms with van der Waals surface area (Å²) in [7, 11) is 0. The van der Waals surface area contributed by atoms with Crippen LogP contribution in [0.4, 0.5) is 26.3 Å². The molecule has 1 saturated heterocycles. The highest BCUT2D eigenvalue weighted by molar-refractivity contribution is 6.04. The highest BCUT2D eigenvalue weighted by atomic mass is 19.4. The van der Waals surface area contributed by atoms with Crippen LogP contribution in [-0.2, 0) is 12.4 Å². The molecule has 3 rings (SSSR count). The highest BCUT2D eigenvalue weighted by Gasteiger charge is 2.39. The first-order valence-electron chi connectivity index (χ1n) is 8.89. The van der Waals surface area contributed by atoms with Gasteiger partial charge in [0.05, 0.1) is 11.1 Å². The zero-order valence-corrected chi connectivity index (χ0v) is 15.3. The number of alkyl halides is 6. The normalized spacial score (nSPS) is 17.7. The van der Waals surface area contributed by atoms with Gasteiger partial charge >= 0.3 is 12.4 Å². The summed E-state index contributed by atoms with van der Waals surface area (Å²) in [5.74, 6) is -1.53. The average molecular weight is 430 g/mol. The van der Waals surface area contributed by atoms with Crippen molar-refractivity contribution in [1.82, 2.24) is 10.2 Å². The monoisotopic (exact) mass is 430 g/mol. The Kier molecular flexibility index (Phi) is 5.89. The lowest BCUT2D eigenvalue weighted by atomic mass is 9.99. The Morgan fingerprint density at radius 2 is 1.43 bits per heavy atom. The first-order chi connectivity index (χ1) is 14.0. The predicted octanol–water partition coefficient (Wildman–Crippen LogP) is 4.02. The molecule has 30 heavy (non-hydrogen) atoms. The number of hydrogen-bond acceptors (Lipinski definition) is 3. The predicted molar refractivity (Wildman–Crippen MR) is 94.9 cm³/mol. The van der Waals surface area contributed by atoms with Gasteiger partial charge in [0.1, 0.15) is 6.04 Å². The van der Waals surface area contributed by atoms with Gasteiger partial charge in [0.2, 0.25) is 0 Å². The Morgan fingerprint density at radius 1 is 0.867 bits per heavy atom. The molecule has 0 bridgehead atoms. The summed E-state index contributed by atoms with van der Waals surface area (Å²) in [4.78, 5) is 26.7. The van der Waals surface area contributed by atoms with Crippen LogP contribution in [-0.4, -0.2) is 42.3 Å². The fourth-order valence-corrected chi connectivity index (χ4v) is 3.22. The molecule has 0 saturated carbocycles. The number of nitrogens with zero attached hydrogens (tertiary/aromatic N) is 1. The van der Waals surface area contributed by atoms with Crippen LogP contribution in [0.15, 0.2) is 48.5 Å². The fraction of sp³-hybridized carbons (Fsp3) is 0.300. The minimum Gasteiger partial charge on any atom is -0.326 e. The Balaban J connectivity index is 2.00. The molecule has 4 nitrogen and oxygen atoms in total. The van der Waals surface area contributed by atoms with E-state index in [0.29, 0.717) is 12.1 Å². The summed E-state index contributed by atoms with van der Waals surface area (Å²) in [5.41, 5.74) is -3.66. The van der Waals surface area contributed by atoms with E-state index in [0.717, 1.165) is 4.90 Å². The van der Waals surface area contributed by atoms with E-state index >= 15 is 0 Å². The fourth-order valence-electron chi connectivity index (χ4n) is 3.22. The molecular formula is C20H16F6N2O2. The van der Waals surface area contributed by atoms with Crippen molar-refractivity contribution in [2.75, 3.05) is 19.6 Å². The molecule has 0 spiro atoms. The molecule has 1 fully saturated rings. The maximum absolute atomic E-state index is 13.1. The summed E-state index contributed by atoms with van der Waals surface area (Å²) in [5, 5.41) is 2.92. The number of carbonyl (C=O) groups excluding carboxylic acids is 2. The van der Waals surface area contributed by atoms with Gasteiger partial charge in [-0.3, -0.25) is 9.59 Å². The van der Waals surface area contributed by atoms with E-state index in [4.69, 9.17) is 0 Å². The van der Waals surface area contributed by atoms with Crippen molar-refractivity contribution >= 4 is 11.7 Å². The molecule has 1 heterocycles. The average Bonchev–Trinajstić information content (AvgIpc) is 2.71. The van der Waals surface area contributed by atoms with E-state index in [1.807, 2.05) is 0 Å². The Labute approximate surface area is 167 Å². The molecule has 1 N–H and O–H groups in total. The summed E-state index contributed by atoms with van der Waals surface area (Å²) in [6.07, 6.45) is -10.1. The minimum atomic E-state index is -5.07. The van der Waals surface area contributed by atoms with Crippen molar-refractivity contribution in [3.63, 3.8) is 0 Å². The lowest BCUT2D eigenvalue weighted by Gasteiger charge is -2.35. The van der Waals surface area contributed by atoms with Crippen LogP contribution in [0.5, 0.6) is 0 Å². The topological polar surface area (TPSA) is 49.4 Å². The highest BCUT2D eigenvalue weighted by Crippen LogP contribution is 2.36. The van der Waals surface area contributed by atoms with Crippen molar-refractivity contribution in [2.24, 2.45) is 0 Å². The van der Waals surface area contributed by atoms with Crippen LogP contribution < -0.4 is 5.32 Å². The van der Waals surface area contributed by atoms with Crippen LogP contribution >= 0.6 is 0 Å². The van der Waals surface area contributed by atoms with Crippen LogP contribution in [0.1, 0.15) is 31.8 Å². The molecule has 1 aliphatic rings. The molecule has 2 aromatic carbocycles. The maximum atomic E-state index is 13.1. The van der Waals surface area contributed by atoms with Gasteiger partial charge in [0.25, 0.3) is 5.91 Å². The summed E-state index contributed by atoms with van der Waals surface area (Å²) >= 11 is 0. The summed E-state index contributed by atoms with van der Waals surface area (Å²) in [6, 6.07) is 7.60. The SMILES string of the molecule is O=C(c1ccccc1)[C@H]1CNCCN1C(=O)c1cc(C(F)(F)F)cc(C(F)(F)F)c1. The van der Waals surface area contributed by atoms with Gasteiger partial charge in [-0.1, -0.05) is 30.3 Å². The second-order valence-electron chi connectivity index (χ2n) is 6.74. The lowest BCUT2D eigenvalue weighted by molar-refractivity contribution is -0.143. The van der Waals surface area contributed by atoms with Gasteiger partial charge in [0, 0.05) is 30.8 Å². The van der Waals surface area contributed by atoms with Crippen LogP contribution in [0.3, 0.4) is 0 Å². The van der Waals surface area contributed by atoms with Crippen molar-refractivity contribution < 1.29 is 35.9 Å². The van der Waals surface area contributed by atoms with E-state index in [9.17, 15) is 35.9 Å². The Morgan fingerprint density at radius 3 is 1.97 bits per heavy atom. The number of hydrogen-bond donors (Lipinski definition) is 1. The van der Waals surface area contributed by atoms with E-state index in [2.05, 4.69) is 5.32 Å². The van der Waals surface area contributed by atoms with E-state index in [-0.39, 0.29) is 31.3 Å². The van der Waals surface area contributed by atoms with Crippen molar-refractivity contribution in [2.45, 2.75) is 18.4 Å². The number of halogens is 6. The number of carbonyl (C=O) groups is 2. The van der Waals surface area contributed by atoms with E-state index in [1.165, 1.54) is 12.1 Å². The second kappa shape index (κ2) is 8.10. The Bertz CT molecular complexity index is 908. The molecule has 160 valence electrons. The van der Waals surface area contributed by atoms with Gasteiger partial charge in [-0.25, -0.2) is 0 Å². The van der Waals surface area contributed by atoms with Gasteiger partial charge in [0.15, 0.2) is 5.78 Å². The molecule has 2 aromatic rings. The number of nitrogens with one attached hydrogen (secondary N) is 1. The second-order valence-corrected chi connectivity index (χ2v) is 6.74. The van der Waals surface area contributed by atoms with Gasteiger partial charge in [-0.15, -0.1) is 0 Å². The van der Waals surface area contributed by atoms with Gasteiger partial charge in [-0.2, -0.15) is 26.3 Å². The molecule has 0 radical (unpaired) electrons. The Hall–Kier alpha value is -2.88. The number of rotatable bonds is 3. The molecule has 1 aliphatic heterocycles. The maximum Gasteiger partial charge on any atom is 0.416 e. The minimum absolute atomic E-state index is 0.0323. The van der Waals surface area contributed by atoms with Gasteiger partial charge < -0.3 is 10.2 Å². The number of piperazine rings is 1. The molecule has 1 amide bonds. The van der Waals surface area contributed by atoms with Crippen LogP contribution in [0, 0.1) is 0 Å². The third-order valence-electron chi connectivity index (χ3n) is 4.70. The largest absolute Gasteiger partial charge is 0.416 e. The summed E-state index contributed by atoms with van der Waals surface area (Å²) in [6.45, 7) is 0.236. The molecule has 0 unspecified atom stereocenters. The van der Waals surface area contributed by atoms with Crippen molar-refractivity contribution in [1.29, 1.82) is 0 Å². The first kappa shape index (κ1) is 21.8. The standard InChI is InChI=1S/C20H16F6N2O2/c21-19(22,23)14-8-13(9-15(10-14)20(24,25)26)18(30)28-7-6-27-11-16(28)17(29)12-4-2-1-3-5-12/h1-5,8-10,16,27H,6-7,11H2/t16-/m1/s1. The molecule has 1 atom stereocenters. The first-order valence-corrected chi connectivity index (χ1v) is 8.89. The lowest BCUT2D eigenvalue weighted by Crippen LogP contribution is -2.57. The number of benzene rings is 2. The van der Waals surface area contributed by atoms with Crippen molar-refractivity contribution in [3.05, 3.63) is 70.8 Å². The van der Waals surface area contributed by atoms with Crippen molar-refractivity contribution in [3.8, 4) is 0 Å². The third-order valence-corrected chi connectivity index (χ3v) is 4.70. The number of Topliss-reactive ketones (excluding diaryl/α,β-unsaturated/α-hetero) is 1. The smallest absolute Gasteiger partial charge is 0.326 e. The van der Waals surface area contributed by atoms with Crippen LogP contribution in [0.25, 0.3) is 0 Å². The summed E-state index contributed by atoms with van der Waals surface area (Å²) < 4.78 is 78.7. The zero-order chi connectivity index (χ0) is 22.1. The van der Waals surface area contributed by atoms with E-state index in [1.54, 1.807) is 18.2 Å². The molecule has 0 aromatic heterocycles. The quantitative estimate of drug-likeness (QED) is 0.591. The molecular weight excluding hydrogens is 414 g/mol. The molecule has 10 heteroatoms. The van der Waals surface area contributed by atoms with Gasteiger partial charge in [-0.05, 0) is 18.2 Å². The van der Waals surface area contributed by atoms with E-state index < -0.39 is 46.8 Å². The number of ketones is 1. The zero-order valence-electron chi connectivity index (χ0n) is 15.3.